The van der Waals surface area contributed by atoms with E-state index in [0.29, 0.717) is 30.0 Å². The van der Waals surface area contributed by atoms with Crippen LogP contribution >= 0.6 is 0 Å². The van der Waals surface area contributed by atoms with Crippen LogP contribution in [0.4, 0.5) is 0 Å². The number of nitrogens with zero attached hydrogens (tertiary/aromatic N) is 1. The van der Waals surface area contributed by atoms with Gasteiger partial charge < -0.3 is 10.2 Å². The summed E-state index contributed by atoms with van der Waals surface area (Å²) in [4.78, 5) is 17.0. The van der Waals surface area contributed by atoms with Crippen LogP contribution in [0.5, 0.6) is 0 Å². The molecule has 25 heavy (non-hydrogen) atoms. The summed E-state index contributed by atoms with van der Waals surface area (Å²) in [6, 6.07) is 0. The van der Waals surface area contributed by atoms with E-state index in [0.717, 1.165) is 38.5 Å². The molecule has 140 valence electrons. The second-order valence-corrected chi connectivity index (χ2v) is 9.65. The van der Waals surface area contributed by atoms with E-state index in [9.17, 15) is 15.0 Å². The van der Waals surface area contributed by atoms with Crippen molar-refractivity contribution in [1.29, 1.82) is 0 Å². The number of aliphatic hydroxyl groups excluding tert-OH is 2. The third-order valence-corrected chi connectivity index (χ3v) is 9.02. The number of hydrogen-bond donors (Lipinski definition) is 2. The Hall–Kier alpha value is -0.740. The highest BCUT2D eigenvalue weighted by molar-refractivity contribution is 5.87. The van der Waals surface area contributed by atoms with Crippen LogP contribution in [-0.4, -0.2) is 41.5 Å². The molecule has 4 unspecified atom stereocenters. The average Bonchev–Trinajstić information content (AvgIpc) is 2.91. The number of aliphatic imine (C=N–C) groups is 1. The lowest BCUT2D eigenvalue weighted by Crippen LogP contribution is -2.62. The number of fused-ring (bicyclic) bond motifs is 5. The number of Topliss-reactive ketones (excluding diaryl/α,β-unsaturated/α-hetero) is 1. The van der Waals surface area contributed by atoms with E-state index in [1.807, 2.05) is 7.05 Å². The number of carbonyl (C=O) groups excluding carboxylic acids is 1. The molecule has 0 aromatic heterocycles. The second kappa shape index (κ2) is 5.88. The Morgan fingerprint density at radius 1 is 1.12 bits per heavy atom. The molecular formula is C21H33NO3. The Balaban J connectivity index is 1.74. The summed E-state index contributed by atoms with van der Waals surface area (Å²) in [6.45, 7) is 4.58. The summed E-state index contributed by atoms with van der Waals surface area (Å²) in [5.41, 5.74) is 1.15. The molecule has 4 aliphatic rings. The zero-order valence-electron chi connectivity index (χ0n) is 15.9. The quantitative estimate of drug-likeness (QED) is 0.766. The van der Waals surface area contributed by atoms with Crippen LogP contribution < -0.4 is 0 Å². The molecule has 4 nitrogen and oxygen atoms in total. The monoisotopic (exact) mass is 347 g/mol. The van der Waals surface area contributed by atoms with Crippen molar-refractivity contribution in [2.75, 3.05) is 13.7 Å². The highest BCUT2D eigenvalue weighted by Gasteiger charge is 2.64. The van der Waals surface area contributed by atoms with Gasteiger partial charge in [0.25, 0.3) is 0 Å². The third kappa shape index (κ3) is 2.26. The fraction of sp³-hybridized carbons (Fsp3) is 0.905. The van der Waals surface area contributed by atoms with E-state index in [1.54, 1.807) is 0 Å². The molecule has 0 bridgehead atoms. The van der Waals surface area contributed by atoms with E-state index in [4.69, 9.17) is 0 Å². The highest BCUT2D eigenvalue weighted by atomic mass is 16.3. The Morgan fingerprint density at radius 3 is 2.56 bits per heavy atom. The van der Waals surface area contributed by atoms with Crippen molar-refractivity contribution >= 4 is 11.5 Å². The maximum atomic E-state index is 12.6. The van der Waals surface area contributed by atoms with Gasteiger partial charge in [-0.15, -0.1) is 0 Å². The van der Waals surface area contributed by atoms with Crippen molar-refractivity contribution in [3.8, 4) is 0 Å². The molecule has 8 atom stereocenters. The summed E-state index contributed by atoms with van der Waals surface area (Å²) in [5.74, 6) is 1.56. The lowest BCUT2D eigenvalue weighted by Gasteiger charge is -2.63. The van der Waals surface area contributed by atoms with Gasteiger partial charge in [0.15, 0.2) is 0 Å². The Labute approximate surface area is 151 Å². The molecule has 0 aliphatic heterocycles. The zero-order valence-corrected chi connectivity index (χ0v) is 15.9. The Bertz CT molecular complexity index is 602. The topological polar surface area (TPSA) is 69.9 Å². The molecule has 2 N–H and O–H groups in total. The summed E-state index contributed by atoms with van der Waals surface area (Å²) in [6.07, 6.45) is 6.20. The largest absolute Gasteiger partial charge is 0.396 e. The molecule has 0 spiro atoms. The predicted molar refractivity (Wildman–Crippen MR) is 97.4 cm³/mol. The summed E-state index contributed by atoms with van der Waals surface area (Å²) in [7, 11) is 1.87. The van der Waals surface area contributed by atoms with Crippen molar-refractivity contribution in [2.24, 2.45) is 45.4 Å². The van der Waals surface area contributed by atoms with Crippen molar-refractivity contribution in [1.82, 2.24) is 0 Å². The van der Waals surface area contributed by atoms with Gasteiger partial charge in [-0.1, -0.05) is 13.8 Å². The fourth-order valence-electron chi connectivity index (χ4n) is 7.46. The van der Waals surface area contributed by atoms with Crippen LogP contribution in [0.3, 0.4) is 0 Å². The Morgan fingerprint density at radius 2 is 1.88 bits per heavy atom. The summed E-state index contributed by atoms with van der Waals surface area (Å²) >= 11 is 0. The molecule has 4 rings (SSSR count). The van der Waals surface area contributed by atoms with Gasteiger partial charge in [-0.3, -0.25) is 9.79 Å². The smallest absolute Gasteiger partial charge is 0.139 e. The predicted octanol–water partition coefficient (Wildman–Crippen LogP) is 2.86. The van der Waals surface area contributed by atoms with Gasteiger partial charge in [0, 0.05) is 37.1 Å². The minimum atomic E-state index is -0.486. The molecule has 4 heteroatoms. The van der Waals surface area contributed by atoms with Gasteiger partial charge in [0.2, 0.25) is 0 Å². The normalized spacial score (nSPS) is 54.1. The van der Waals surface area contributed by atoms with Crippen molar-refractivity contribution < 1.29 is 15.0 Å². The Kier molecular flexibility index (Phi) is 4.16. The van der Waals surface area contributed by atoms with Crippen molar-refractivity contribution in [3.63, 3.8) is 0 Å². The minimum Gasteiger partial charge on any atom is -0.396 e. The zero-order chi connectivity index (χ0) is 18.0. The van der Waals surface area contributed by atoms with E-state index < -0.39 is 6.10 Å². The molecular weight excluding hydrogens is 314 g/mol. The van der Waals surface area contributed by atoms with Crippen LogP contribution in [0, 0.1) is 40.4 Å². The van der Waals surface area contributed by atoms with Gasteiger partial charge in [-0.2, -0.15) is 0 Å². The number of rotatable bonds is 1. The SMILES string of the molecule is CN=C1CC[C@]2(C)C3CC[C@]4(C)C(=O)CCC4C3[C@H](O)[C@H](CO)C2C1. The third-order valence-electron chi connectivity index (χ3n) is 9.02. The van der Waals surface area contributed by atoms with Gasteiger partial charge in [-0.25, -0.2) is 0 Å². The molecule has 0 aromatic rings. The van der Waals surface area contributed by atoms with Gasteiger partial charge in [0.05, 0.1) is 6.10 Å². The van der Waals surface area contributed by atoms with E-state index in [2.05, 4.69) is 18.8 Å². The number of hydrogen-bond acceptors (Lipinski definition) is 4. The average molecular weight is 347 g/mol. The first-order valence-corrected chi connectivity index (χ1v) is 10.1. The van der Waals surface area contributed by atoms with Crippen molar-refractivity contribution in [2.45, 2.75) is 64.9 Å². The molecule has 0 radical (unpaired) electrons. The molecule has 4 fully saturated rings. The van der Waals surface area contributed by atoms with E-state index >= 15 is 0 Å². The second-order valence-electron chi connectivity index (χ2n) is 9.65. The molecule has 4 aliphatic carbocycles. The maximum Gasteiger partial charge on any atom is 0.139 e. The van der Waals surface area contributed by atoms with Crippen LogP contribution in [0.1, 0.15) is 58.8 Å². The summed E-state index contributed by atoms with van der Waals surface area (Å²) in [5, 5.41) is 21.5. The van der Waals surface area contributed by atoms with E-state index in [-0.39, 0.29) is 29.3 Å². The standard InChI is InChI=1S/C21H33NO3/c1-20-8-6-12(22-3)10-16(20)13(11-23)19(25)18-14-4-5-17(24)21(14,2)9-7-15(18)20/h13-16,18-19,23,25H,4-11H2,1-3H3/t13-,14?,15?,16?,18?,19-,20-,21+/m1/s1. The first kappa shape index (κ1) is 17.7. The minimum absolute atomic E-state index is 0.0407. The molecule has 0 amide bonds. The van der Waals surface area contributed by atoms with Crippen LogP contribution in [0.15, 0.2) is 4.99 Å². The van der Waals surface area contributed by atoms with Crippen LogP contribution in [0.2, 0.25) is 0 Å². The molecule has 0 aromatic carbocycles. The lowest BCUT2D eigenvalue weighted by molar-refractivity contribution is -0.188. The fourth-order valence-corrected chi connectivity index (χ4v) is 7.46. The highest BCUT2D eigenvalue weighted by Crippen LogP contribution is 2.66. The first-order valence-electron chi connectivity index (χ1n) is 10.1. The number of ketones is 1. The van der Waals surface area contributed by atoms with Gasteiger partial charge >= 0.3 is 0 Å². The molecule has 4 saturated carbocycles. The molecule has 0 saturated heterocycles. The lowest BCUT2D eigenvalue weighted by atomic mass is 9.42. The summed E-state index contributed by atoms with van der Waals surface area (Å²) < 4.78 is 0. The first-order chi connectivity index (χ1) is 11.9. The van der Waals surface area contributed by atoms with Crippen molar-refractivity contribution in [3.05, 3.63) is 0 Å². The van der Waals surface area contributed by atoms with Gasteiger partial charge in [0.1, 0.15) is 5.78 Å². The van der Waals surface area contributed by atoms with E-state index in [1.165, 1.54) is 5.71 Å². The number of aliphatic hydroxyl groups is 2. The van der Waals surface area contributed by atoms with Gasteiger partial charge in [-0.05, 0) is 67.6 Å². The maximum absolute atomic E-state index is 12.6. The number of carbonyl (C=O) groups is 1. The van der Waals surface area contributed by atoms with Crippen LogP contribution in [0.25, 0.3) is 0 Å². The van der Waals surface area contributed by atoms with Crippen LogP contribution in [-0.2, 0) is 4.79 Å². The molecule has 0 heterocycles.